The molecular formula is C20H24O2. The summed E-state index contributed by atoms with van der Waals surface area (Å²) < 4.78 is 10.8. The third-order valence-corrected chi connectivity index (χ3v) is 3.60. The monoisotopic (exact) mass is 296 g/mol. The Labute approximate surface area is 133 Å². The lowest BCUT2D eigenvalue weighted by Gasteiger charge is -2.06. The largest absolute Gasteiger partial charge is 0.501 e. The zero-order valence-corrected chi connectivity index (χ0v) is 13.4. The smallest absolute Gasteiger partial charge is 0.118 e. The van der Waals surface area contributed by atoms with Gasteiger partial charge in [0.05, 0.1) is 20.0 Å². The number of benzene rings is 2. The fourth-order valence-electron chi connectivity index (χ4n) is 2.22. The minimum Gasteiger partial charge on any atom is -0.501 e. The van der Waals surface area contributed by atoms with Crippen molar-refractivity contribution in [1.82, 2.24) is 0 Å². The molecule has 2 aromatic rings. The van der Waals surface area contributed by atoms with Crippen LogP contribution in [0.3, 0.4) is 0 Å². The lowest BCUT2D eigenvalue weighted by Crippen LogP contribution is -1.95. The van der Waals surface area contributed by atoms with E-state index in [2.05, 4.69) is 43.3 Å². The highest BCUT2D eigenvalue weighted by Gasteiger charge is 1.97. The molecule has 0 unspecified atom stereocenters. The van der Waals surface area contributed by atoms with Gasteiger partial charge in [0.15, 0.2) is 0 Å². The number of allylic oxidation sites excluding steroid dienone is 1. The second kappa shape index (κ2) is 8.93. The Balaban J connectivity index is 1.68. The first-order valence-electron chi connectivity index (χ1n) is 7.72. The van der Waals surface area contributed by atoms with Crippen molar-refractivity contribution in [2.45, 2.75) is 26.2 Å². The van der Waals surface area contributed by atoms with Gasteiger partial charge in [-0.05, 0) is 48.6 Å². The van der Waals surface area contributed by atoms with Crippen molar-refractivity contribution in [3.05, 3.63) is 77.6 Å². The minimum atomic E-state index is 0.726. The van der Waals surface area contributed by atoms with E-state index in [0.717, 1.165) is 31.6 Å². The van der Waals surface area contributed by atoms with Crippen molar-refractivity contribution in [3.63, 3.8) is 0 Å². The number of aryl methyl sites for hydroxylation is 1. The Bertz CT molecular complexity index is 570. The maximum atomic E-state index is 5.64. The molecule has 0 atom stereocenters. The van der Waals surface area contributed by atoms with E-state index >= 15 is 0 Å². The lowest BCUT2D eigenvalue weighted by atomic mass is 10.1. The molecule has 0 saturated carbocycles. The van der Waals surface area contributed by atoms with Gasteiger partial charge in [-0.25, -0.2) is 0 Å². The molecule has 2 heteroatoms. The maximum Gasteiger partial charge on any atom is 0.118 e. The van der Waals surface area contributed by atoms with Crippen LogP contribution < -0.4 is 4.74 Å². The van der Waals surface area contributed by atoms with E-state index in [-0.39, 0.29) is 0 Å². The molecule has 0 bridgehead atoms. The van der Waals surface area contributed by atoms with Crippen LogP contribution in [0.25, 0.3) is 0 Å². The van der Waals surface area contributed by atoms with Gasteiger partial charge in [0, 0.05) is 6.42 Å². The van der Waals surface area contributed by atoms with E-state index in [1.165, 1.54) is 16.7 Å². The van der Waals surface area contributed by atoms with Crippen LogP contribution in [0.5, 0.6) is 5.75 Å². The normalized spacial score (nSPS) is 11.3. The molecule has 0 spiro atoms. The van der Waals surface area contributed by atoms with Crippen LogP contribution in [0, 0.1) is 0 Å². The van der Waals surface area contributed by atoms with Gasteiger partial charge in [0.2, 0.25) is 0 Å². The average Bonchev–Trinajstić information content (AvgIpc) is 2.58. The third-order valence-electron chi connectivity index (χ3n) is 3.60. The summed E-state index contributed by atoms with van der Waals surface area (Å²) in [5, 5.41) is 0. The van der Waals surface area contributed by atoms with Gasteiger partial charge in [-0.15, -0.1) is 0 Å². The molecule has 2 aromatic carbocycles. The lowest BCUT2D eigenvalue weighted by molar-refractivity contribution is 0.250. The molecule has 0 fully saturated rings. The van der Waals surface area contributed by atoms with Crippen molar-refractivity contribution >= 4 is 0 Å². The Hall–Kier alpha value is -2.22. The molecule has 0 heterocycles. The number of hydrogen-bond acceptors (Lipinski definition) is 2. The fourth-order valence-corrected chi connectivity index (χ4v) is 2.22. The summed E-state index contributed by atoms with van der Waals surface area (Å²) in [7, 11) is 1.69. The van der Waals surface area contributed by atoms with Gasteiger partial charge in [0.25, 0.3) is 0 Å². The van der Waals surface area contributed by atoms with E-state index in [1.54, 1.807) is 7.11 Å². The molecule has 0 N–H and O–H groups in total. The molecule has 0 aromatic heterocycles. The first-order chi connectivity index (χ1) is 10.8. The molecule has 0 radical (unpaired) electrons. The highest BCUT2D eigenvalue weighted by Crippen LogP contribution is 2.14. The topological polar surface area (TPSA) is 18.5 Å². The molecule has 116 valence electrons. The zero-order valence-electron chi connectivity index (χ0n) is 13.4. The second-order valence-electron chi connectivity index (χ2n) is 5.42. The van der Waals surface area contributed by atoms with Gasteiger partial charge >= 0.3 is 0 Å². The van der Waals surface area contributed by atoms with Gasteiger partial charge in [-0.3, -0.25) is 0 Å². The number of methoxy groups -OCH3 is 1. The summed E-state index contributed by atoms with van der Waals surface area (Å²) in [6.07, 6.45) is 4.88. The maximum absolute atomic E-state index is 5.64. The average molecular weight is 296 g/mol. The van der Waals surface area contributed by atoms with Crippen LogP contribution in [0.4, 0.5) is 0 Å². The highest BCUT2D eigenvalue weighted by atomic mass is 16.5. The predicted octanol–water partition coefficient (Wildman–Crippen LogP) is 4.79. The summed E-state index contributed by atoms with van der Waals surface area (Å²) in [4.78, 5) is 0. The van der Waals surface area contributed by atoms with Crippen LogP contribution in [0.1, 0.15) is 24.5 Å². The first kappa shape index (κ1) is 16.2. The SMILES string of the molecule is COc1ccc(CC/C(C)=C/OCCc2ccccc2)cc1. The van der Waals surface area contributed by atoms with Gasteiger partial charge < -0.3 is 9.47 Å². The Morgan fingerprint density at radius 2 is 1.59 bits per heavy atom. The summed E-state index contributed by atoms with van der Waals surface area (Å²) in [5.41, 5.74) is 3.90. The van der Waals surface area contributed by atoms with E-state index < -0.39 is 0 Å². The Kier molecular flexibility index (Phi) is 6.56. The second-order valence-corrected chi connectivity index (χ2v) is 5.42. The van der Waals surface area contributed by atoms with E-state index in [0.29, 0.717) is 0 Å². The Morgan fingerprint density at radius 3 is 2.27 bits per heavy atom. The number of rotatable bonds is 8. The third kappa shape index (κ3) is 5.65. The van der Waals surface area contributed by atoms with Crippen LogP contribution in [-0.4, -0.2) is 13.7 Å². The van der Waals surface area contributed by atoms with E-state index in [1.807, 2.05) is 24.5 Å². The zero-order chi connectivity index (χ0) is 15.6. The van der Waals surface area contributed by atoms with Crippen molar-refractivity contribution < 1.29 is 9.47 Å². The van der Waals surface area contributed by atoms with Crippen molar-refractivity contribution in [2.24, 2.45) is 0 Å². The number of hydrogen-bond donors (Lipinski definition) is 0. The van der Waals surface area contributed by atoms with E-state index in [4.69, 9.17) is 9.47 Å². The number of ether oxygens (including phenoxy) is 2. The first-order valence-corrected chi connectivity index (χ1v) is 7.72. The van der Waals surface area contributed by atoms with Gasteiger partial charge in [-0.1, -0.05) is 42.5 Å². The van der Waals surface area contributed by atoms with Gasteiger partial charge in [0.1, 0.15) is 5.75 Å². The summed E-state index contributed by atoms with van der Waals surface area (Å²) in [6, 6.07) is 18.7. The van der Waals surface area contributed by atoms with Crippen molar-refractivity contribution in [1.29, 1.82) is 0 Å². The van der Waals surface area contributed by atoms with Gasteiger partial charge in [-0.2, -0.15) is 0 Å². The fraction of sp³-hybridized carbons (Fsp3) is 0.300. The van der Waals surface area contributed by atoms with Crippen LogP contribution in [-0.2, 0) is 17.6 Å². The molecular weight excluding hydrogens is 272 g/mol. The van der Waals surface area contributed by atoms with E-state index in [9.17, 15) is 0 Å². The molecule has 0 amide bonds. The van der Waals surface area contributed by atoms with Crippen LogP contribution >= 0.6 is 0 Å². The quantitative estimate of drug-likeness (QED) is 0.515. The highest BCUT2D eigenvalue weighted by molar-refractivity contribution is 5.27. The standard InChI is InChI=1S/C20H24O2/c1-17(8-9-19-10-12-20(21-2)13-11-19)16-22-15-14-18-6-4-3-5-7-18/h3-7,10-13,16H,8-9,14-15H2,1-2H3/b17-16+. The summed E-state index contributed by atoms with van der Waals surface area (Å²) >= 11 is 0. The molecule has 0 aliphatic heterocycles. The molecule has 2 rings (SSSR count). The minimum absolute atomic E-state index is 0.726. The Morgan fingerprint density at radius 1 is 0.909 bits per heavy atom. The molecule has 2 nitrogen and oxygen atoms in total. The summed E-state index contributed by atoms with van der Waals surface area (Å²) in [6.45, 7) is 2.84. The van der Waals surface area contributed by atoms with Crippen molar-refractivity contribution in [3.8, 4) is 5.75 Å². The molecule has 0 saturated heterocycles. The van der Waals surface area contributed by atoms with Crippen molar-refractivity contribution in [2.75, 3.05) is 13.7 Å². The molecule has 22 heavy (non-hydrogen) atoms. The predicted molar refractivity (Wildman–Crippen MR) is 91.2 cm³/mol. The summed E-state index contributed by atoms with van der Waals surface area (Å²) in [5.74, 6) is 0.903. The van der Waals surface area contributed by atoms with Crippen LogP contribution in [0.2, 0.25) is 0 Å². The molecule has 0 aliphatic carbocycles. The molecule has 0 aliphatic rings. The van der Waals surface area contributed by atoms with Crippen LogP contribution in [0.15, 0.2) is 66.4 Å².